The van der Waals surface area contributed by atoms with Crippen LogP contribution in [0.2, 0.25) is 0 Å². The molecule has 28 heavy (non-hydrogen) atoms. The normalized spacial score (nSPS) is 13.7. The molecule has 1 aliphatic carbocycles. The zero-order chi connectivity index (χ0) is 19.1. The van der Waals surface area contributed by atoms with Gasteiger partial charge in [0.15, 0.2) is 0 Å². The highest BCUT2D eigenvalue weighted by molar-refractivity contribution is 7.18. The lowest BCUT2D eigenvalue weighted by molar-refractivity contribution is -0.116. The number of carbonyl (C=O) groups is 1. The molecule has 0 saturated heterocycles. The van der Waals surface area contributed by atoms with E-state index in [9.17, 15) is 9.59 Å². The van der Waals surface area contributed by atoms with E-state index in [1.165, 1.54) is 16.9 Å². The van der Waals surface area contributed by atoms with Crippen molar-refractivity contribution in [3.05, 3.63) is 51.5 Å². The van der Waals surface area contributed by atoms with Crippen LogP contribution in [0.25, 0.3) is 21.1 Å². The van der Waals surface area contributed by atoms with Crippen LogP contribution >= 0.6 is 11.3 Å². The molecule has 4 aromatic rings. The molecule has 1 aromatic carbocycles. The average Bonchev–Trinajstić information content (AvgIpc) is 3.31. The van der Waals surface area contributed by atoms with Crippen LogP contribution in [0.15, 0.2) is 35.5 Å². The van der Waals surface area contributed by atoms with Crippen molar-refractivity contribution in [2.75, 3.05) is 5.32 Å². The number of amides is 1. The number of aromatic amines is 1. The van der Waals surface area contributed by atoms with Gasteiger partial charge in [-0.2, -0.15) is 5.10 Å². The minimum absolute atomic E-state index is 0.0305. The van der Waals surface area contributed by atoms with Crippen molar-refractivity contribution in [2.45, 2.75) is 38.6 Å². The molecule has 0 bridgehead atoms. The maximum absolute atomic E-state index is 12.9. The third-order valence-corrected chi connectivity index (χ3v) is 6.45. The number of rotatable bonds is 4. The van der Waals surface area contributed by atoms with E-state index in [0.717, 1.165) is 40.4 Å². The molecule has 0 saturated carbocycles. The maximum Gasteiger partial charge on any atom is 0.262 e. The smallest absolute Gasteiger partial charge is 0.262 e. The van der Waals surface area contributed by atoms with Crippen LogP contribution in [0.3, 0.4) is 0 Å². The lowest BCUT2D eigenvalue weighted by Crippen LogP contribution is -2.24. The predicted molar refractivity (Wildman–Crippen MR) is 110 cm³/mol. The van der Waals surface area contributed by atoms with Crippen molar-refractivity contribution >= 4 is 44.1 Å². The average molecular weight is 393 g/mol. The van der Waals surface area contributed by atoms with Gasteiger partial charge in [0.05, 0.1) is 23.4 Å². The molecule has 8 heteroatoms. The Bertz CT molecular complexity index is 1250. The van der Waals surface area contributed by atoms with Crippen molar-refractivity contribution in [3.63, 3.8) is 0 Å². The van der Waals surface area contributed by atoms with Crippen LogP contribution in [0.4, 0.5) is 5.69 Å². The zero-order valence-electron chi connectivity index (χ0n) is 15.2. The highest BCUT2D eigenvalue weighted by Crippen LogP contribution is 2.33. The summed E-state index contributed by atoms with van der Waals surface area (Å²) >= 11 is 1.64. The van der Waals surface area contributed by atoms with E-state index in [0.29, 0.717) is 12.2 Å². The third kappa shape index (κ3) is 2.99. The number of fused-ring (bicyclic) bond motifs is 4. The summed E-state index contributed by atoms with van der Waals surface area (Å²) < 4.78 is 1.56. The van der Waals surface area contributed by atoms with Gasteiger partial charge in [0.25, 0.3) is 5.56 Å². The number of thiophene rings is 1. The van der Waals surface area contributed by atoms with E-state index in [1.807, 2.05) is 18.2 Å². The minimum atomic E-state index is -0.137. The summed E-state index contributed by atoms with van der Waals surface area (Å²) in [5.41, 5.74) is 2.78. The molecule has 1 aliphatic rings. The number of anilines is 1. The molecule has 0 radical (unpaired) electrons. The summed E-state index contributed by atoms with van der Waals surface area (Å²) in [6.45, 7) is 0.312. The van der Waals surface area contributed by atoms with Gasteiger partial charge in [0.2, 0.25) is 5.91 Å². The first kappa shape index (κ1) is 17.1. The fourth-order valence-electron chi connectivity index (χ4n) is 3.81. The Morgan fingerprint density at radius 3 is 3.11 bits per heavy atom. The van der Waals surface area contributed by atoms with Crippen LogP contribution in [-0.4, -0.2) is 25.7 Å². The molecule has 0 aliphatic heterocycles. The standard InChI is InChI=1S/C20H19N5O2S/c26-17(23-13-5-6-15-12(9-13)10-22-24-15)7-8-25-11-21-19-18(20(25)27)14-3-1-2-4-16(14)28-19/h5-6,9-11H,1-4,7-8H2,(H,22,24)(H,23,26). The SMILES string of the molecule is O=C(CCn1cnc2sc3c(c2c1=O)CCCC3)Nc1ccc2[nH]ncc2c1. The van der Waals surface area contributed by atoms with Gasteiger partial charge in [-0.1, -0.05) is 0 Å². The fourth-order valence-corrected chi connectivity index (χ4v) is 5.03. The van der Waals surface area contributed by atoms with Crippen LogP contribution < -0.4 is 10.9 Å². The van der Waals surface area contributed by atoms with Crippen LogP contribution in [0.5, 0.6) is 0 Å². The maximum atomic E-state index is 12.9. The number of nitrogens with one attached hydrogen (secondary N) is 2. The summed E-state index contributed by atoms with van der Waals surface area (Å²) in [7, 11) is 0. The monoisotopic (exact) mass is 393 g/mol. The lowest BCUT2D eigenvalue weighted by Gasteiger charge is -2.10. The number of aryl methyl sites for hydroxylation is 3. The second-order valence-corrected chi connectivity index (χ2v) is 8.19. The highest BCUT2D eigenvalue weighted by atomic mass is 32.1. The summed E-state index contributed by atoms with van der Waals surface area (Å²) in [4.78, 5) is 31.9. The number of H-pyrrole nitrogens is 1. The van der Waals surface area contributed by atoms with E-state index in [1.54, 1.807) is 28.4 Å². The number of hydrogen-bond donors (Lipinski definition) is 2. The summed E-state index contributed by atoms with van der Waals surface area (Å²) in [5.74, 6) is -0.137. The molecule has 1 amide bonds. The van der Waals surface area contributed by atoms with Gasteiger partial charge in [0, 0.05) is 28.9 Å². The van der Waals surface area contributed by atoms with Gasteiger partial charge in [-0.05, 0) is 49.4 Å². The minimum Gasteiger partial charge on any atom is -0.326 e. The number of hydrogen-bond acceptors (Lipinski definition) is 5. The van der Waals surface area contributed by atoms with E-state index in [2.05, 4.69) is 20.5 Å². The summed E-state index contributed by atoms with van der Waals surface area (Å²) in [5, 5.41) is 11.4. The molecule has 0 unspecified atom stereocenters. The van der Waals surface area contributed by atoms with Gasteiger partial charge >= 0.3 is 0 Å². The first-order valence-corrected chi connectivity index (χ1v) is 10.2. The van der Waals surface area contributed by atoms with E-state index >= 15 is 0 Å². The molecule has 3 heterocycles. The van der Waals surface area contributed by atoms with Crippen molar-refractivity contribution in [1.29, 1.82) is 0 Å². The molecule has 0 spiro atoms. The van der Waals surface area contributed by atoms with Crippen LogP contribution in [0, 0.1) is 0 Å². The summed E-state index contributed by atoms with van der Waals surface area (Å²) in [6.07, 6.45) is 7.79. The third-order valence-electron chi connectivity index (χ3n) is 5.25. The zero-order valence-corrected chi connectivity index (χ0v) is 16.0. The second-order valence-electron chi connectivity index (χ2n) is 7.10. The van der Waals surface area contributed by atoms with Gasteiger partial charge in [-0.3, -0.25) is 19.3 Å². The Morgan fingerprint density at radius 2 is 2.18 bits per heavy atom. The molecule has 3 aromatic heterocycles. The molecule has 0 fully saturated rings. The second kappa shape index (κ2) is 6.87. The molecule has 5 rings (SSSR count). The van der Waals surface area contributed by atoms with Crippen molar-refractivity contribution in [3.8, 4) is 0 Å². The molecular weight excluding hydrogens is 374 g/mol. The van der Waals surface area contributed by atoms with Gasteiger partial charge in [-0.25, -0.2) is 4.98 Å². The Hall–Kier alpha value is -3.00. The number of carbonyl (C=O) groups excluding carboxylic acids is 1. The lowest BCUT2D eigenvalue weighted by atomic mass is 9.97. The Kier molecular flexibility index (Phi) is 4.20. The Morgan fingerprint density at radius 1 is 1.29 bits per heavy atom. The van der Waals surface area contributed by atoms with Crippen molar-refractivity contribution in [2.24, 2.45) is 0 Å². The van der Waals surface area contributed by atoms with E-state index < -0.39 is 0 Å². The van der Waals surface area contributed by atoms with Crippen molar-refractivity contribution < 1.29 is 4.79 Å². The predicted octanol–water partition coefficient (Wildman–Crippen LogP) is 3.24. The number of benzene rings is 1. The molecule has 2 N–H and O–H groups in total. The highest BCUT2D eigenvalue weighted by Gasteiger charge is 2.20. The van der Waals surface area contributed by atoms with Crippen LogP contribution in [-0.2, 0) is 24.2 Å². The Labute approximate surface area is 164 Å². The topological polar surface area (TPSA) is 92.7 Å². The van der Waals surface area contributed by atoms with E-state index in [-0.39, 0.29) is 17.9 Å². The van der Waals surface area contributed by atoms with Gasteiger partial charge in [-0.15, -0.1) is 11.3 Å². The molecular formula is C20H19N5O2S. The quantitative estimate of drug-likeness (QED) is 0.557. The van der Waals surface area contributed by atoms with Crippen LogP contribution in [0.1, 0.15) is 29.7 Å². The summed E-state index contributed by atoms with van der Waals surface area (Å²) in [6, 6.07) is 5.57. The van der Waals surface area contributed by atoms with Gasteiger partial charge < -0.3 is 5.32 Å². The molecule has 0 atom stereocenters. The van der Waals surface area contributed by atoms with Crippen molar-refractivity contribution in [1.82, 2.24) is 19.7 Å². The van der Waals surface area contributed by atoms with E-state index in [4.69, 9.17) is 0 Å². The largest absolute Gasteiger partial charge is 0.326 e. The fraction of sp³-hybridized carbons (Fsp3) is 0.300. The number of nitrogens with zero attached hydrogens (tertiary/aromatic N) is 3. The first-order chi connectivity index (χ1) is 13.7. The first-order valence-electron chi connectivity index (χ1n) is 9.42. The number of aromatic nitrogens is 4. The van der Waals surface area contributed by atoms with Gasteiger partial charge in [0.1, 0.15) is 4.83 Å². The molecule has 7 nitrogen and oxygen atoms in total. The Balaban J connectivity index is 1.33. The molecule has 142 valence electrons.